The van der Waals surface area contributed by atoms with Crippen molar-refractivity contribution in [2.24, 2.45) is 10.7 Å². The summed E-state index contributed by atoms with van der Waals surface area (Å²) >= 11 is 0. The van der Waals surface area contributed by atoms with E-state index < -0.39 is 0 Å². The summed E-state index contributed by atoms with van der Waals surface area (Å²) in [6.45, 7) is 5.20. The Morgan fingerprint density at radius 3 is 2.60 bits per heavy atom. The number of likely N-dealkylation sites (N-methyl/N-ethyl adjacent to an activating group) is 1. The molecule has 0 heterocycles. The van der Waals surface area contributed by atoms with E-state index in [9.17, 15) is 4.39 Å². The molecular weight excluding hydrogens is 370 g/mol. The zero-order chi connectivity index (χ0) is 14.1. The molecule has 0 atom stereocenters. The van der Waals surface area contributed by atoms with Crippen molar-refractivity contribution in [3.63, 3.8) is 0 Å². The highest BCUT2D eigenvalue weighted by molar-refractivity contribution is 14.0. The normalized spacial score (nSPS) is 11.3. The number of hydrogen-bond donors (Lipinski definition) is 2. The SMILES string of the molecule is CCCN=C(N)NCCN(C)Cc1ccc(F)cc1.I. The van der Waals surface area contributed by atoms with Crippen LogP contribution in [0.3, 0.4) is 0 Å². The maximum atomic E-state index is 12.8. The van der Waals surface area contributed by atoms with E-state index in [1.807, 2.05) is 7.05 Å². The summed E-state index contributed by atoms with van der Waals surface area (Å²) in [5, 5.41) is 3.07. The van der Waals surface area contributed by atoms with Gasteiger partial charge in [0.2, 0.25) is 0 Å². The van der Waals surface area contributed by atoms with Crippen molar-refractivity contribution in [2.45, 2.75) is 19.9 Å². The van der Waals surface area contributed by atoms with Crippen molar-refractivity contribution in [3.8, 4) is 0 Å². The zero-order valence-electron chi connectivity index (χ0n) is 12.1. The van der Waals surface area contributed by atoms with Gasteiger partial charge in [0, 0.05) is 26.2 Å². The van der Waals surface area contributed by atoms with Crippen molar-refractivity contribution in [3.05, 3.63) is 35.6 Å². The number of hydrogen-bond acceptors (Lipinski definition) is 2. The third-order valence-electron chi connectivity index (χ3n) is 2.67. The van der Waals surface area contributed by atoms with E-state index in [1.54, 1.807) is 12.1 Å². The van der Waals surface area contributed by atoms with Gasteiger partial charge < -0.3 is 16.0 Å². The topological polar surface area (TPSA) is 53.6 Å². The summed E-state index contributed by atoms with van der Waals surface area (Å²) in [4.78, 5) is 6.30. The van der Waals surface area contributed by atoms with E-state index in [0.717, 1.165) is 38.2 Å². The van der Waals surface area contributed by atoms with Gasteiger partial charge in [-0.15, -0.1) is 24.0 Å². The molecule has 1 aromatic rings. The lowest BCUT2D eigenvalue weighted by Crippen LogP contribution is -2.37. The monoisotopic (exact) mass is 394 g/mol. The molecule has 0 radical (unpaired) electrons. The number of benzene rings is 1. The smallest absolute Gasteiger partial charge is 0.188 e. The van der Waals surface area contributed by atoms with Crippen LogP contribution in [0.5, 0.6) is 0 Å². The second-order valence-electron chi connectivity index (χ2n) is 4.56. The molecule has 6 heteroatoms. The van der Waals surface area contributed by atoms with Crippen molar-refractivity contribution in [1.82, 2.24) is 10.2 Å². The second-order valence-corrected chi connectivity index (χ2v) is 4.56. The first-order chi connectivity index (χ1) is 9.11. The summed E-state index contributed by atoms with van der Waals surface area (Å²) in [6.07, 6.45) is 0.993. The third kappa shape index (κ3) is 8.31. The summed E-state index contributed by atoms with van der Waals surface area (Å²) in [7, 11) is 2.02. The van der Waals surface area contributed by atoms with Gasteiger partial charge in [0.15, 0.2) is 5.96 Å². The first-order valence-electron chi connectivity index (χ1n) is 6.58. The first kappa shape index (κ1) is 19.1. The van der Waals surface area contributed by atoms with E-state index >= 15 is 0 Å². The highest BCUT2D eigenvalue weighted by Crippen LogP contribution is 2.04. The van der Waals surface area contributed by atoms with Gasteiger partial charge in [0.25, 0.3) is 0 Å². The molecule has 0 spiro atoms. The molecule has 0 fully saturated rings. The first-order valence-corrected chi connectivity index (χ1v) is 6.58. The van der Waals surface area contributed by atoms with Crippen LogP contribution in [0.1, 0.15) is 18.9 Å². The molecule has 0 aliphatic rings. The Kier molecular flexibility index (Phi) is 10.4. The Bertz CT molecular complexity index is 395. The molecule has 4 nitrogen and oxygen atoms in total. The van der Waals surface area contributed by atoms with Crippen LogP contribution >= 0.6 is 24.0 Å². The zero-order valence-corrected chi connectivity index (χ0v) is 14.4. The van der Waals surface area contributed by atoms with E-state index in [2.05, 4.69) is 22.1 Å². The summed E-state index contributed by atoms with van der Waals surface area (Å²) < 4.78 is 12.8. The van der Waals surface area contributed by atoms with Crippen molar-refractivity contribution in [2.75, 3.05) is 26.7 Å². The molecule has 1 rings (SSSR count). The molecule has 0 saturated carbocycles. The van der Waals surface area contributed by atoms with Crippen LogP contribution in [0, 0.1) is 5.82 Å². The van der Waals surface area contributed by atoms with Crippen LogP contribution < -0.4 is 11.1 Å². The minimum absolute atomic E-state index is 0. The molecule has 3 N–H and O–H groups in total. The number of nitrogens with two attached hydrogens (primary N) is 1. The largest absolute Gasteiger partial charge is 0.370 e. The van der Waals surface area contributed by atoms with Gasteiger partial charge in [-0.2, -0.15) is 0 Å². The fourth-order valence-corrected chi connectivity index (χ4v) is 1.64. The molecule has 0 aliphatic carbocycles. The average molecular weight is 394 g/mol. The van der Waals surface area contributed by atoms with E-state index in [1.165, 1.54) is 12.1 Å². The van der Waals surface area contributed by atoms with E-state index in [0.29, 0.717) is 5.96 Å². The minimum atomic E-state index is -0.201. The molecule has 0 saturated heterocycles. The Morgan fingerprint density at radius 1 is 1.35 bits per heavy atom. The predicted molar refractivity (Wildman–Crippen MR) is 92.9 cm³/mol. The fraction of sp³-hybridized carbons (Fsp3) is 0.500. The standard InChI is InChI=1S/C14H23FN4.HI/c1-3-8-17-14(16)18-9-10-19(2)11-12-4-6-13(15)7-5-12;/h4-7H,3,8-11H2,1-2H3,(H3,16,17,18);1H. The van der Waals surface area contributed by atoms with Crippen LogP contribution in [0.4, 0.5) is 4.39 Å². The molecule has 0 amide bonds. The molecule has 20 heavy (non-hydrogen) atoms. The summed E-state index contributed by atoms with van der Waals surface area (Å²) in [5.41, 5.74) is 6.79. The van der Waals surface area contributed by atoms with Crippen LogP contribution in [-0.2, 0) is 6.54 Å². The van der Waals surface area contributed by atoms with Gasteiger partial charge in [-0.25, -0.2) is 4.39 Å². The number of halogens is 2. The maximum absolute atomic E-state index is 12.8. The highest BCUT2D eigenvalue weighted by Gasteiger charge is 2.00. The lowest BCUT2D eigenvalue weighted by atomic mass is 10.2. The number of nitrogens with one attached hydrogen (secondary N) is 1. The van der Waals surface area contributed by atoms with Gasteiger partial charge in [-0.1, -0.05) is 19.1 Å². The Hall–Kier alpha value is -0.890. The molecule has 0 bridgehead atoms. The lowest BCUT2D eigenvalue weighted by Gasteiger charge is -2.17. The highest BCUT2D eigenvalue weighted by atomic mass is 127. The quantitative estimate of drug-likeness (QED) is 0.424. The summed E-state index contributed by atoms with van der Waals surface area (Å²) in [5.74, 6) is 0.296. The van der Waals surface area contributed by atoms with Gasteiger partial charge in [-0.05, 0) is 31.2 Å². The summed E-state index contributed by atoms with van der Waals surface area (Å²) in [6, 6.07) is 6.57. The van der Waals surface area contributed by atoms with Crippen LogP contribution in [0.2, 0.25) is 0 Å². The molecule has 1 aromatic carbocycles. The lowest BCUT2D eigenvalue weighted by molar-refractivity contribution is 0.331. The van der Waals surface area contributed by atoms with Gasteiger partial charge in [0.05, 0.1) is 0 Å². The third-order valence-corrected chi connectivity index (χ3v) is 2.67. The minimum Gasteiger partial charge on any atom is -0.370 e. The molecule has 0 aliphatic heterocycles. The van der Waals surface area contributed by atoms with Gasteiger partial charge in [0.1, 0.15) is 5.82 Å². The number of aliphatic imine (C=N–C) groups is 1. The van der Waals surface area contributed by atoms with Gasteiger partial charge >= 0.3 is 0 Å². The Labute approximate surface area is 137 Å². The van der Waals surface area contributed by atoms with Crippen LogP contribution in [-0.4, -0.2) is 37.5 Å². The van der Waals surface area contributed by atoms with Crippen LogP contribution in [0.15, 0.2) is 29.3 Å². The van der Waals surface area contributed by atoms with Crippen LogP contribution in [0.25, 0.3) is 0 Å². The Balaban J connectivity index is 0.00000361. The molecule has 0 aromatic heterocycles. The van der Waals surface area contributed by atoms with E-state index in [-0.39, 0.29) is 29.8 Å². The average Bonchev–Trinajstić information content (AvgIpc) is 2.39. The molecule has 114 valence electrons. The van der Waals surface area contributed by atoms with Crippen molar-refractivity contribution >= 4 is 29.9 Å². The molecular formula is C14H24FIN4. The van der Waals surface area contributed by atoms with Gasteiger partial charge in [-0.3, -0.25) is 4.99 Å². The number of rotatable bonds is 7. The maximum Gasteiger partial charge on any atom is 0.188 e. The second kappa shape index (κ2) is 10.8. The van der Waals surface area contributed by atoms with Crippen molar-refractivity contribution in [1.29, 1.82) is 0 Å². The number of nitrogens with zero attached hydrogens (tertiary/aromatic N) is 2. The van der Waals surface area contributed by atoms with Crippen molar-refractivity contribution < 1.29 is 4.39 Å². The molecule has 0 unspecified atom stereocenters. The van der Waals surface area contributed by atoms with E-state index in [4.69, 9.17) is 5.73 Å². The number of guanidine groups is 1. The predicted octanol–water partition coefficient (Wildman–Crippen LogP) is 2.19. The fourth-order valence-electron chi connectivity index (χ4n) is 1.64. The Morgan fingerprint density at radius 2 is 2.00 bits per heavy atom.